The predicted molar refractivity (Wildman–Crippen MR) is 103 cm³/mol. The molecule has 0 amide bonds. The lowest BCUT2D eigenvalue weighted by Gasteiger charge is -2.42. The van der Waals surface area contributed by atoms with E-state index in [1.165, 1.54) is 6.07 Å². The molecule has 1 fully saturated rings. The van der Waals surface area contributed by atoms with Crippen LogP contribution in [0.5, 0.6) is 0 Å². The minimum atomic E-state index is -4.40. The number of pyridine rings is 1. The number of hydrogen-bond acceptors (Lipinski definition) is 5. The summed E-state index contributed by atoms with van der Waals surface area (Å²) in [6, 6.07) is 11.5. The first-order chi connectivity index (χ1) is 13.8. The van der Waals surface area contributed by atoms with Gasteiger partial charge < -0.3 is 9.64 Å². The fourth-order valence-corrected chi connectivity index (χ4v) is 3.48. The van der Waals surface area contributed by atoms with Crippen molar-refractivity contribution in [1.82, 2.24) is 9.88 Å². The standard InChI is InChI=1S/C21H24F3N3O2/c1-15-13-26(19-9-8-18(12-25-19)21(22,23)24)10-11-27(15)16(2)20(28)29-14-17-6-4-3-5-7-17/h3-9,12,15-16H,10-11,13-14H2,1-2H3. The largest absolute Gasteiger partial charge is 0.460 e. The molecule has 0 spiro atoms. The van der Waals surface area contributed by atoms with Crippen molar-refractivity contribution in [2.24, 2.45) is 0 Å². The maximum absolute atomic E-state index is 12.7. The molecule has 0 N–H and O–H groups in total. The van der Waals surface area contributed by atoms with Crippen molar-refractivity contribution in [3.63, 3.8) is 0 Å². The third-order valence-corrected chi connectivity index (χ3v) is 5.14. The van der Waals surface area contributed by atoms with Crippen molar-refractivity contribution < 1.29 is 22.7 Å². The molecule has 8 heteroatoms. The smallest absolute Gasteiger partial charge is 0.417 e. The first-order valence-electron chi connectivity index (χ1n) is 9.50. The fraction of sp³-hybridized carbons (Fsp3) is 0.429. The summed E-state index contributed by atoms with van der Waals surface area (Å²) < 4.78 is 43.6. The van der Waals surface area contributed by atoms with Crippen molar-refractivity contribution in [2.45, 2.75) is 38.7 Å². The van der Waals surface area contributed by atoms with Crippen LogP contribution in [0, 0.1) is 0 Å². The van der Waals surface area contributed by atoms with Gasteiger partial charge in [-0.3, -0.25) is 9.69 Å². The summed E-state index contributed by atoms with van der Waals surface area (Å²) in [4.78, 5) is 20.4. The molecule has 3 rings (SSSR count). The summed E-state index contributed by atoms with van der Waals surface area (Å²) in [6.45, 7) is 5.75. The van der Waals surface area contributed by atoms with Gasteiger partial charge in [0.1, 0.15) is 18.5 Å². The third kappa shape index (κ3) is 5.26. The summed E-state index contributed by atoms with van der Waals surface area (Å²) in [5.74, 6) is 0.214. The van der Waals surface area contributed by atoms with E-state index in [1.54, 1.807) is 0 Å². The minimum absolute atomic E-state index is 0.0205. The van der Waals surface area contributed by atoms with Gasteiger partial charge in [-0.05, 0) is 31.5 Å². The number of benzene rings is 1. The summed E-state index contributed by atoms with van der Waals surface area (Å²) in [6.07, 6.45) is -3.54. The zero-order valence-corrected chi connectivity index (χ0v) is 16.4. The Kier molecular flexibility index (Phi) is 6.42. The van der Waals surface area contributed by atoms with E-state index in [4.69, 9.17) is 4.74 Å². The zero-order valence-electron chi connectivity index (χ0n) is 16.4. The van der Waals surface area contributed by atoms with E-state index < -0.39 is 17.8 Å². The van der Waals surface area contributed by atoms with Crippen LogP contribution in [0.2, 0.25) is 0 Å². The van der Waals surface area contributed by atoms with Crippen LogP contribution < -0.4 is 4.90 Å². The molecule has 5 nitrogen and oxygen atoms in total. The van der Waals surface area contributed by atoms with Gasteiger partial charge in [-0.15, -0.1) is 0 Å². The Labute approximate surface area is 168 Å². The number of ether oxygens (including phenoxy) is 1. The number of carbonyl (C=O) groups excluding carboxylic acids is 1. The highest BCUT2D eigenvalue weighted by molar-refractivity contribution is 5.75. The maximum atomic E-state index is 12.7. The molecule has 156 valence electrons. The van der Waals surface area contributed by atoms with Crippen LogP contribution in [0.15, 0.2) is 48.7 Å². The van der Waals surface area contributed by atoms with E-state index in [1.807, 2.05) is 54.0 Å². The second-order valence-corrected chi connectivity index (χ2v) is 7.20. The minimum Gasteiger partial charge on any atom is -0.460 e. The van der Waals surface area contributed by atoms with Crippen molar-refractivity contribution in [3.8, 4) is 0 Å². The van der Waals surface area contributed by atoms with Gasteiger partial charge in [-0.2, -0.15) is 13.2 Å². The first-order valence-corrected chi connectivity index (χ1v) is 9.50. The molecule has 1 aromatic carbocycles. The van der Waals surface area contributed by atoms with Gasteiger partial charge in [0.15, 0.2) is 0 Å². The summed E-state index contributed by atoms with van der Waals surface area (Å²) in [5.41, 5.74) is 0.169. The molecule has 1 aliphatic rings. The zero-order chi connectivity index (χ0) is 21.0. The van der Waals surface area contributed by atoms with E-state index in [9.17, 15) is 18.0 Å². The number of esters is 1. The van der Waals surface area contributed by atoms with Gasteiger partial charge in [-0.25, -0.2) is 4.98 Å². The van der Waals surface area contributed by atoms with Gasteiger partial charge in [-0.1, -0.05) is 30.3 Å². The number of alkyl halides is 3. The van der Waals surface area contributed by atoms with E-state index in [0.29, 0.717) is 25.5 Å². The van der Waals surface area contributed by atoms with Crippen molar-refractivity contribution >= 4 is 11.8 Å². The Morgan fingerprint density at radius 1 is 1.21 bits per heavy atom. The van der Waals surface area contributed by atoms with Crippen molar-refractivity contribution in [3.05, 3.63) is 59.8 Å². The van der Waals surface area contributed by atoms with Gasteiger partial charge in [0.2, 0.25) is 0 Å². The number of carbonyl (C=O) groups is 1. The van der Waals surface area contributed by atoms with E-state index >= 15 is 0 Å². The van der Waals surface area contributed by atoms with Crippen LogP contribution in [0.25, 0.3) is 0 Å². The number of piperazine rings is 1. The molecule has 1 aliphatic heterocycles. The van der Waals surface area contributed by atoms with Crippen molar-refractivity contribution in [2.75, 3.05) is 24.5 Å². The Morgan fingerprint density at radius 2 is 1.93 bits per heavy atom. The Bertz CT molecular complexity index is 812. The lowest BCUT2D eigenvalue weighted by Crippen LogP contribution is -2.57. The van der Waals surface area contributed by atoms with Crippen LogP contribution in [0.1, 0.15) is 25.0 Å². The third-order valence-electron chi connectivity index (χ3n) is 5.14. The van der Waals surface area contributed by atoms with Gasteiger partial charge >= 0.3 is 12.1 Å². The van der Waals surface area contributed by atoms with E-state index in [-0.39, 0.29) is 18.6 Å². The van der Waals surface area contributed by atoms with Gasteiger partial charge in [0.05, 0.1) is 5.56 Å². The first kappa shape index (κ1) is 21.1. The van der Waals surface area contributed by atoms with Crippen LogP contribution in [-0.2, 0) is 22.3 Å². The molecular weight excluding hydrogens is 383 g/mol. The molecular formula is C21H24F3N3O2. The maximum Gasteiger partial charge on any atom is 0.417 e. The molecule has 0 bridgehead atoms. The van der Waals surface area contributed by atoms with Crippen LogP contribution >= 0.6 is 0 Å². The number of halogens is 3. The predicted octanol–water partition coefficient (Wildman–Crippen LogP) is 3.74. The monoisotopic (exact) mass is 407 g/mol. The normalized spacial score (nSPS) is 19.1. The second kappa shape index (κ2) is 8.82. The molecule has 0 saturated carbocycles. The topological polar surface area (TPSA) is 45.7 Å². The molecule has 2 unspecified atom stereocenters. The molecule has 2 heterocycles. The number of aromatic nitrogens is 1. The molecule has 0 aliphatic carbocycles. The molecule has 1 saturated heterocycles. The van der Waals surface area contributed by atoms with Gasteiger partial charge in [0, 0.05) is 31.9 Å². The average molecular weight is 407 g/mol. The number of hydrogen-bond donors (Lipinski definition) is 0. The number of anilines is 1. The molecule has 1 aromatic heterocycles. The van der Waals surface area contributed by atoms with Crippen LogP contribution in [0.3, 0.4) is 0 Å². The summed E-state index contributed by atoms with van der Waals surface area (Å²) >= 11 is 0. The quantitative estimate of drug-likeness (QED) is 0.707. The second-order valence-electron chi connectivity index (χ2n) is 7.20. The van der Waals surface area contributed by atoms with Crippen molar-refractivity contribution in [1.29, 1.82) is 0 Å². The highest BCUT2D eigenvalue weighted by Crippen LogP contribution is 2.29. The van der Waals surface area contributed by atoms with Crippen LogP contribution in [0.4, 0.5) is 19.0 Å². The lowest BCUT2D eigenvalue weighted by atomic mass is 10.1. The highest BCUT2D eigenvalue weighted by atomic mass is 19.4. The fourth-order valence-electron chi connectivity index (χ4n) is 3.48. The molecule has 2 atom stereocenters. The highest BCUT2D eigenvalue weighted by Gasteiger charge is 2.33. The van der Waals surface area contributed by atoms with E-state index in [0.717, 1.165) is 17.8 Å². The number of rotatable bonds is 5. The molecule has 2 aromatic rings. The Hall–Kier alpha value is -2.61. The van der Waals surface area contributed by atoms with Gasteiger partial charge in [0.25, 0.3) is 0 Å². The number of nitrogens with zero attached hydrogens (tertiary/aromatic N) is 3. The molecule has 29 heavy (non-hydrogen) atoms. The Morgan fingerprint density at radius 3 is 2.52 bits per heavy atom. The summed E-state index contributed by atoms with van der Waals surface area (Å²) in [5, 5.41) is 0. The summed E-state index contributed by atoms with van der Waals surface area (Å²) in [7, 11) is 0. The lowest BCUT2D eigenvalue weighted by molar-refractivity contribution is -0.151. The van der Waals surface area contributed by atoms with E-state index in [2.05, 4.69) is 4.98 Å². The average Bonchev–Trinajstić information content (AvgIpc) is 2.71. The van der Waals surface area contributed by atoms with Crippen LogP contribution in [-0.4, -0.2) is 47.6 Å². The Balaban J connectivity index is 1.55. The molecule has 0 radical (unpaired) electrons. The SMILES string of the molecule is CC1CN(c2ccc(C(F)(F)F)cn2)CCN1C(C)C(=O)OCc1ccccc1.